The Morgan fingerprint density at radius 3 is 2.44 bits per heavy atom. The average Bonchev–Trinajstić information content (AvgIpc) is 3.26. The molecule has 1 aliphatic heterocycles. The fraction of sp³-hybridized carbons (Fsp3) is 0.360. The Kier molecular flexibility index (Phi) is 7.04. The van der Waals surface area contributed by atoms with E-state index < -0.39 is 23.3 Å². The SMILES string of the molecule is Cc1ccc(-n2ncc(C(=O)NCC(c3cccc(C)c3)N3CCOCC3)c2C(F)(F)F)cc1. The highest BCUT2D eigenvalue weighted by atomic mass is 19.4. The van der Waals surface area contributed by atoms with Crippen LogP contribution in [0.1, 0.15) is 38.8 Å². The first-order valence-electron chi connectivity index (χ1n) is 11.1. The largest absolute Gasteiger partial charge is 0.434 e. The molecule has 0 bridgehead atoms. The summed E-state index contributed by atoms with van der Waals surface area (Å²) in [4.78, 5) is 15.2. The lowest BCUT2D eigenvalue weighted by Crippen LogP contribution is -2.44. The number of halogens is 3. The van der Waals surface area contributed by atoms with Crippen molar-refractivity contribution < 1.29 is 22.7 Å². The van der Waals surface area contributed by atoms with Crippen molar-refractivity contribution in [3.8, 4) is 5.69 Å². The van der Waals surface area contributed by atoms with E-state index in [4.69, 9.17) is 4.74 Å². The first-order chi connectivity index (χ1) is 16.2. The number of aromatic nitrogens is 2. The molecule has 180 valence electrons. The van der Waals surface area contributed by atoms with E-state index in [1.807, 2.05) is 38.1 Å². The van der Waals surface area contributed by atoms with Crippen molar-refractivity contribution in [3.63, 3.8) is 0 Å². The van der Waals surface area contributed by atoms with Crippen LogP contribution in [0, 0.1) is 13.8 Å². The highest BCUT2D eigenvalue weighted by Gasteiger charge is 2.40. The Morgan fingerprint density at radius 2 is 1.79 bits per heavy atom. The van der Waals surface area contributed by atoms with Gasteiger partial charge in [-0.05, 0) is 31.5 Å². The molecule has 3 aromatic rings. The molecule has 1 unspecified atom stereocenters. The van der Waals surface area contributed by atoms with Crippen LogP contribution >= 0.6 is 0 Å². The Morgan fingerprint density at radius 1 is 1.09 bits per heavy atom. The minimum Gasteiger partial charge on any atom is -0.379 e. The van der Waals surface area contributed by atoms with Crippen LogP contribution in [0.25, 0.3) is 5.69 Å². The summed E-state index contributed by atoms with van der Waals surface area (Å²) >= 11 is 0. The summed E-state index contributed by atoms with van der Waals surface area (Å²) in [6.07, 6.45) is -3.78. The first-order valence-corrected chi connectivity index (χ1v) is 11.1. The van der Waals surface area contributed by atoms with Crippen LogP contribution in [0.15, 0.2) is 54.7 Å². The number of hydrogen-bond acceptors (Lipinski definition) is 4. The number of carbonyl (C=O) groups is 1. The summed E-state index contributed by atoms with van der Waals surface area (Å²) in [6.45, 7) is 6.47. The molecule has 0 saturated carbocycles. The van der Waals surface area contributed by atoms with Crippen LogP contribution in [-0.4, -0.2) is 53.4 Å². The van der Waals surface area contributed by atoms with Crippen molar-refractivity contribution in [2.24, 2.45) is 0 Å². The molecule has 1 aromatic heterocycles. The minimum atomic E-state index is -4.76. The number of nitrogens with one attached hydrogen (secondary N) is 1. The second kappa shape index (κ2) is 9.99. The van der Waals surface area contributed by atoms with Gasteiger partial charge in [-0.25, -0.2) is 4.68 Å². The Bertz CT molecular complexity index is 1140. The van der Waals surface area contributed by atoms with Gasteiger partial charge in [0.1, 0.15) is 0 Å². The van der Waals surface area contributed by atoms with Crippen LogP contribution < -0.4 is 5.32 Å². The van der Waals surface area contributed by atoms with Crippen LogP contribution in [0.4, 0.5) is 13.2 Å². The summed E-state index contributed by atoms with van der Waals surface area (Å²) in [5, 5.41) is 6.63. The normalized spacial score (nSPS) is 15.8. The molecule has 1 saturated heterocycles. The molecule has 1 amide bonds. The number of nitrogens with zero attached hydrogens (tertiary/aromatic N) is 3. The quantitative estimate of drug-likeness (QED) is 0.581. The molecule has 6 nitrogen and oxygen atoms in total. The van der Waals surface area contributed by atoms with Gasteiger partial charge in [-0.1, -0.05) is 47.5 Å². The van der Waals surface area contributed by atoms with Gasteiger partial charge in [0, 0.05) is 19.6 Å². The van der Waals surface area contributed by atoms with Gasteiger partial charge in [0.15, 0.2) is 5.69 Å². The van der Waals surface area contributed by atoms with Crippen molar-refractivity contribution in [2.45, 2.75) is 26.1 Å². The lowest BCUT2D eigenvalue weighted by atomic mass is 10.0. The summed E-state index contributed by atoms with van der Waals surface area (Å²) < 4.78 is 48.2. The minimum absolute atomic E-state index is 0.162. The number of carbonyl (C=O) groups excluding carboxylic acids is 1. The molecule has 1 N–H and O–H groups in total. The molecule has 9 heteroatoms. The molecular weight excluding hydrogens is 445 g/mol. The van der Waals surface area contributed by atoms with E-state index in [9.17, 15) is 18.0 Å². The van der Waals surface area contributed by atoms with Crippen molar-refractivity contribution in [1.29, 1.82) is 0 Å². The molecule has 0 aliphatic carbocycles. The molecule has 1 atom stereocenters. The Balaban J connectivity index is 1.60. The van der Waals surface area contributed by atoms with Gasteiger partial charge in [0.25, 0.3) is 5.91 Å². The number of alkyl halides is 3. The van der Waals surface area contributed by atoms with Gasteiger partial charge < -0.3 is 10.1 Å². The van der Waals surface area contributed by atoms with Crippen LogP contribution in [-0.2, 0) is 10.9 Å². The lowest BCUT2D eigenvalue weighted by molar-refractivity contribution is -0.143. The number of ether oxygens (including phenoxy) is 1. The zero-order chi connectivity index (χ0) is 24.3. The van der Waals surface area contributed by atoms with Crippen molar-refractivity contribution in [3.05, 3.63) is 82.7 Å². The van der Waals surface area contributed by atoms with Gasteiger partial charge in [0.05, 0.1) is 36.7 Å². The van der Waals surface area contributed by atoms with E-state index in [1.165, 1.54) is 0 Å². The van der Waals surface area contributed by atoms with E-state index >= 15 is 0 Å². The fourth-order valence-electron chi connectivity index (χ4n) is 4.18. The maximum Gasteiger partial charge on any atom is 0.434 e. The van der Waals surface area contributed by atoms with Crippen molar-refractivity contribution in [2.75, 3.05) is 32.8 Å². The molecule has 0 spiro atoms. The summed E-state index contributed by atoms with van der Waals surface area (Å²) in [5.74, 6) is -0.809. The van der Waals surface area contributed by atoms with E-state index in [1.54, 1.807) is 24.3 Å². The standard InChI is InChI=1S/C25H27F3N4O2/c1-17-6-8-20(9-7-17)32-23(25(26,27)28)21(15-30-32)24(33)29-16-22(31-10-12-34-13-11-31)19-5-3-4-18(2)14-19/h3-9,14-15,22H,10-13,16H2,1-2H3,(H,29,33). The van der Waals surface area contributed by atoms with Crippen molar-refractivity contribution in [1.82, 2.24) is 20.0 Å². The monoisotopic (exact) mass is 472 g/mol. The van der Waals surface area contributed by atoms with Gasteiger partial charge in [-0.15, -0.1) is 0 Å². The van der Waals surface area contributed by atoms with Gasteiger partial charge >= 0.3 is 6.18 Å². The predicted octanol–water partition coefficient (Wildman–Crippen LogP) is 4.31. The van der Waals surface area contributed by atoms with E-state index in [0.717, 1.165) is 27.6 Å². The molecule has 0 radical (unpaired) electrons. The third-order valence-corrected chi connectivity index (χ3v) is 5.93. The third kappa shape index (κ3) is 5.31. The number of morpholine rings is 1. The lowest BCUT2D eigenvalue weighted by Gasteiger charge is -2.35. The number of benzene rings is 2. The maximum absolute atomic E-state index is 14.0. The van der Waals surface area contributed by atoms with Gasteiger partial charge in [0.2, 0.25) is 0 Å². The number of hydrogen-bond donors (Lipinski definition) is 1. The van der Waals surface area contributed by atoms with Crippen molar-refractivity contribution >= 4 is 5.91 Å². The number of rotatable bonds is 6. The zero-order valence-electron chi connectivity index (χ0n) is 19.1. The molecule has 1 fully saturated rings. The van der Waals surface area contributed by atoms with Gasteiger partial charge in [-0.3, -0.25) is 9.69 Å². The molecule has 4 rings (SSSR count). The maximum atomic E-state index is 14.0. The highest BCUT2D eigenvalue weighted by molar-refractivity contribution is 5.95. The second-order valence-electron chi connectivity index (χ2n) is 8.44. The zero-order valence-corrected chi connectivity index (χ0v) is 19.1. The summed E-state index contributed by atoms with van der Waals surface area (Å²) in [6, 6.07) is 14.2. The Labute approximate surface area is 196 Å². The molecular formula is C25H27F3N4O2. The van der Waals surface area contributed by atoms with E-state index in [2.05, 4.69) is 15.3 Å². The van der Waals surface area contributed by atoms with Crippen LogP contribution in [0.3, 0.4) is 0 Å². The van der Waals surface area contributed by atoms with Crippen LogP contribution in [0.2, 0.25) is 0 Å². The summed E-state index contributed by atoms with van der Waals surface area (Å²) in [5.41, 5.74) is 1.62. The molecule has 34 heavy (non-hydrogen) atoms. The summed E-state index contributed by atoms with van der Waals surface area (Å²) in [7, 11) is 0. The molecule has 2 heterocycles. The van der Waals surface area contributed by atoms with Crippen LogP contribution in [0.5, 0.6) is 0 Å². The first kappa shape index (κ1) is 24.0. The smallest absolute Gasteiger partial charge is 0.379 e. The highest BCUT2D eigenvalue weighted by Crippen LogP contribution is 2.34. The van der Waals surface area contributed by atoms with Gasteiger partial charge in [-0.2, -0.15) is 18.3 Å². The number of aryl methyl sites for hydroxylation is 2. The third-order valence-electron chi connectivity index (χ3n) is 5.93. The topological polar surface area (TPSA) is 59.4 Å². The number of amides is 1. The second-order valence-corrected chi connectivity index (χ2v) is 8.44. The van der Waals surface area contributed by atoms with E-state index in [-0.39, 0.29) is 18.3 Å². The Hall–Kier alpha value is -3.17. The molecule has 2 aromatic carbocycles. The average molecular weight is 473 g/mol. The fourth-order valence-corrected chi connectivity index (χ4v) is 4.18. The van der Waals surface area contributed by atoms with E-state index in [0.29, 0.717) is 26.3 Å². The molecule has 1 aliphatic rings. The predicted molar refractivity (Wildman–Crippen MR) is 122 cm³/mol.